The molecule has 0 unspecified atom stereocenters. The van der Waals surface area contributed by atoms with Crippen molar-refractivity contribution in [3.8, 4) is 0 Å². The van der Waals surface area contributed by atoms with E-state index in [4.69, 9.17) is 4.98 Å². The molecule has 130 valence electrons. The van der Waals surface area contributed by atoms with Gasteiger partial charge in [-0.05, 0) is 45.4 Å². The number of benzene rings is 1. The summed E-state index contributed by atoms with van der Waals surface area (Å²) in [5.74, 6) is 1.46. The van der Waals surface area contributed by atoms with Gasteiger partial charge in [0.05, 0.1) is 23.5 Å². The Morgan fingerprint density at radius 2 is 2.08 bits per heavy atom. The molecule has 0 spiro atoms. The number of hydrogen-bond acceptors (Lipinski definition) is 3. The van der Waals surface area contributed by atoms with Gasteiger partial charge < -0.3 is 9.47 Å². The van der Waals surface area contributed by atoms with Gasteiger partial charge in [-0.1, -0.05) is 12.1 Å². The van der Waals surface area contributed by atoms with Crippen molar-refractivity contribution in [1.82, 2.24) is 19.4 Å². The van der Waals surface area contributed by atoms with E-state index in [9.17, 15) is 4.79 Å². The van der Waals surface area contributed by atoms with Gasteiger partial charge in [0.25, 0.3) is 0 Å². The topological polar surface area (TPSA) is 41.4 Å². The molecule has 1 aliphatic rings. The maximum Gasteiger partial charge on any atom is 0.226 e. The normalized spacial score (nSPS) is 19.1. The lowest BCUT2D eigenvalue weighted by molar-refractivity contribution is -0.134. The number of carbonyl (C=O) groups excluding carboxylic acids is 1. The first-order chi connectivity index (χ1) is 11.5. The number of piperidine rings is 1. The summed E-state index contributed by atoms with van der Waals surface area (Å²) in [6.07, 6.45) is 2.07. The molecule has 2 aromatic rings. The van der Waals surface area contributed by atoms with Gasteiger partial charge in [0.2, 0.25) is 5.91 Å². The fourth-order valence-electron chi connectivity index (χ4n) is 3.75. The number of para-hydroxylation sites is 2. The van der Waals surface area contributed by atoms with Crippen LogP contribution < -0.4 is 0 Å². The summed E-state index contributed by atoms with van der Waals surface area (Å²) in [7, 11) is 3.69. The van der Waals surface area contributed by atoms with Crippen LogP contribution in [0.4, 0.5) is 0 Å². The zero-order valence-corrected chi connectivity index (χ0v) is 15.2. The molecule has 3 rings (SSSR count). The maximum atomic E-state index is 12.3. The molecule has 0 N–H and O–H groups in total. The van der Waals surface area contributed by atoms with Crippen LogP contribution >= 0.6 is 0 Å². The third-order valence-corrected chi connectivity index (χ3v) is 4.85. The van der Waals surface area contributed by atoms with E-state index in [2.05, 4.69) is 41.5 Å². The molecule has 1 aliphatic heterocycles. The minimum atomic E-state index is 0.116. The zero-order valence-electron chi connectivity index (χ0n) is 15.2. The minimum Gasteiger partial charge on any atom is -0.349 e. The fraction of sp³-hybridized carbons (Fsp3) is 0.579. The molecular weight excluding hydrogens is 300 g/mol. The number of carbonyl (C=O) groups is 1. The highest BCUT2D eigenvalue weighted by atomic mass is 16.2. The van der Waals surface area contributed by atoms with E-state index in [0.717, 1.165) is 43.8 Å². The second-order valence-electron chi connectivity index (χ2n) is 7.29. The number of likely N-dealkylation sites (tertiary alicyclic amines) is 1. The molecular formula is C19H28N4O. The van der Waals surface area contributed by atoms with Crippen molar-refractivity contribution in [2.75, 3.05) is 27.2 Å². The summed E-state index contributed by atoms with van der Waals surface area (Å²) in [5.41, 5.74) is 2.25. The Balaban J connectivity index is 1.82. The largest absolute Gasteiger partial charge is 0.349 e. The lowest BCUT2D eigenvalue weighted by Crippen LogP contribution is -2.42. The van der Waals surface area contributed by atoms with E-state index in [-0.39, 0.29) is 11.8 Å². The molecule has 1 fully saturated rings. The Morgan fingerprint density at radius 3 is 2.79 bits per heavy atom. The Kier molecular flexibility index (Phi) is 4.90. The van der Waals surface area contributed by atoms with Gasteiger partial charge in [-0.3, -0.25) is 9.69 Å². The summed E-state index contributed by atoms with van der Waals surface area (Å²) in [6.45, 7) is 7.08. The van der Waals surface area contributed by atoms with Crippen molar-refractivity contribution in [1.29, 1.82) is 0 Å². The molecule has 1 amide bonds. The van der Waals surface area contributed by atoms with Gasteiger partial charge >= 0.3 is 0 Å². The van der Waals surface area contributed by atoms with Gasteiger partial charge in [-0.15, -0.1) is 0 Å². The van der Waals surface area contributed by atoms with Crippen molar-refractivity contribution in [2.45, 2.75) is 39.3 Å². The van der Waals surface area contributed by atoms with Crippen LogP contribution in [0.15, 0.2) is 24.3 Å². The first-order valence-corrected chi connectivity index (χ1v) is 8.86. The smallest absolute Gasteiger partial charge is 0.226 e. The summed E-state index contributed by atoms with van der Waals surface area (Å²) >= 11 is 0. The minimum absolute atomic E-state index is 0.116. The molecule has 24 heavy (non-hydrogen) atoms. The number of imidazole rings is 1. The lowest BCUT2D eigenvalue weighted by atomic mass is 9.97. The second kappa shape index (κ2) is 6.93. The summed E-state index contributed by atoms with van der Waals surface area (Å²) in [4.78, 5) is 21.3. The van der Waals surface area contributed by atoms with E-state index in [1.165, 1.54) is 5.52 Å². The second-order valence-corrected chi connectivity index (χ2v) is 7.29. The standard InChI is InChI=1S/C19H28N4O/c1-14(2)23-17-10-6-5-9-16(17)20-18(23)13-22-11-7-8-15(12-22)19(24)21(3)4/h5-6,9-10,14-15H,7-8,11-13H2,1-4H3/t15-/m1/s1. The van der Waals surface area contributed by atoms with Crippen LogP contribution in [0.5, 0.6) is 0 Å². The molecule has 5 nitrogen and oxygen atoms in total. The Bertz CT molecular complexity index is 719. The van der Waals surface area contributed by atoms with Crippen LogP contribution in [0.25, 0.3) is 11.0 Å². The SMILES string of the molecule is CC(C)n1c(CN2CCC[C@@H](C(=O)N(C)C)C2)nc2ccccc21. The number of aromatic nitrogens is 2. The first-order valence-electron chi connectivity index (χ1n) is 8.86. The van der Waals surface area contributed by atoms with Gasteiger partial charge in [0.1, 0.15) is 5.82 Å². The lowest BCUT2D eigenvalue weighted by Gasteiger charge is -2.33. The predicted molar refractivity (Wildman–Crippen MR) is 96.8 cm³/mol. The molecule has 1 aromatic carbocycles. The molecule has 1 atom stereocenters. The van der Waals surface area contributed by atoms with Crippen LogP contribution in [0, 0.1) is 5.92 Å². The highest BCUT2D eigenvalue weighted by molar-refractivity contribution is 5.78. The fourth-order valence-corrected chi connectivity index (χ4v) is 3.75. The van der Waals surface area contributed by atoms with E-state index in [1.807, 2.05) is 20.2 Å². The Morgan fingerprint density at radius 1 is 1.33 bits per heavy atom. The maximum absolute atomic E-state index is 12.3. The van der Waals surface area contributed by atoms with E-state index < -0.39 is 0 Å². The average Bonchev–Trinajstić information content (AvgIpc) is 2.92. The zero-order chi connectivity index (χ0) is 17.3. The number of fused-ring (bicyclic) bond motifs is 1. The molecule has 1 aromatic heterocycles. The van der Waals surface area contributed by atoms with Crippen molar-refractivity contribution in [2.24, 2.45) is 5.92 Å². The van der Waals surface area contributed by atoms with Gasteiger partial charge in [0, 0.05) is 26.7 Å². The van der Waals surface area contributed by atoms with Crippen LogP contribution in [-0.2, 0) is 11.3 Å². The Labute approximate surface area is 144 Å². The van der Waals surface area contributed by atoms with Gasteiger partial charge in [0.15, 0.2) is 0 Å². The van der Waals surface area contributed by atoms with Gasteiger partial charge in [-0.2, -0.15) is 0 Å². The average molecular weight is 328 g/mol. The number of rotatable bonds is 4. The summed E-state index contributed by atoms with van der Waals surface area (Å²) in [5, 5.41) is 0. The van der Waals surface area contributed by atoms with E-state index in [1.54, 1.807) is 4.90 Å². The van der Waals surface area contributed by atoms with Crippen LogP contribution in [0.2, 0.25) is 0 Å². The van der Waals surface area contributed by atoms with Crippen molar-refractivity contribution >= 4 is 16.9 Å². The van der Waals surface area contributed by atoms with Gasteiger partial charge in [-0.25, -0.2) is 4.98 Å². The molecule has 1 saturated heterocycles. The number of hydrogen-bond donors (Lipinski definition) is 0. The quantitative estimate of drug-likeness (QED) is 0.866. The summed E-state index contributed by atoms with van der Waals surface area (Å²) < 4.78 is 2.33. The number of amides is 1. The molecule has 0 aliphatic carbocycles. The van der Waals surface area contributed by atoms with Crippen molar-refractivity contribution in [3.05, 3.63) is 30.1 Å². The third-order valence-electron chi connectivity index (χ3n) is 4.85. The van der Waals surface area contributed by atoms with Crippen molar-refractivity contribution in [3.63, 3.8) is 0 Å². The molecule has 2 heterocycles. The van der Waals surface area contributed by atoms with Crippen LogP contribution in [0.3, 0.4) is 0 Å². The van der Waals surface area contributed by atoms with E-state index >= 15 is 0 Å². The molecule has 0 bridgehead atoms. The third kappa shape index (κ3) is 3.31. The highest BCUT2D eigenvalue weighted by Gasteiger charge is 2.28. The molecule has 0 saturated carbocycles. The first kappa shape index (κ1) is 17.0. The molecule has 0 radical (unpaired) electrons. The highest BCUT2D eigenvalue weighted by Crippen LogP contribution is 2.24. The summed E-state index contributed by atoms with van der Waals surface area (Å²) in [6, 6.07) is 8.69. The number of nitrogens with zero attached hydrogens (tertiary/aromatic N) is 4. The monoisotopic (exact) mass is 328 g/mol. The van der Waals surface area contributed by atoms with Crippen LogP contribution in [-0.4, -0.2) is 52.4 Å². The van der Waals surface area contributed by atoms with Crippen molar-refractivity contribution < 1.29 is 4.79 Å². The van der Waals surface area contributed by atoms with E-state index in [0.29, 0.717) is 6.04 Å². The Hall–Kier alpha value is -1.88. The molecule has 5 heteroatoms. The van der Waals surface area contributed by atoms with Crippen LogP contribution in [0.1, 0.15) is 38.6 Å². The predicted octanol–water partition coefficient (Wildman–Crippen LogP) is 2.92.